The van der Waals surface area contributed by atoms with Gasteiger partial charge >= 0.3 is 0 Å². The Kier molecular flexibility index (Phi) is 9.07. The number of hydrogen-bond acceptors (Lipinski definition) is 3. The van der Waals surface area contributed by atoms with Crippen molar-refractivity contribution in [3.8, 4) is 5.75 Å². The highest BCUT2D eigenvalue weighted by Gasteiger charge is 2.05. The molecule has 22 heavy (non-hydrogen) atoms. The minimum Gasteiger partial charge on any atom is -0.497 e. The Morgan fingerprint density at radius 2 is 2.05 bits per heavy atom. The lowest BCUT2D eigenvalue weighted by Crippen LogP contribution is -2.33. The Hall–Kier alpha value is -1.75. The van der Waals surface area contributed by atoms with E-state index < -0.39 is 0 Å². The molecule has 0 bridgehead atoms. The van der Waals surface area contributed by atoms with Crippen molar-refractivity contribution < 1.29 is 9.47 Å². The number of ether oxygens (including phenoxy) is 2. The second-order valence-electron chi connectivity index (χ2n) is 5.21. The van der Waals surface area contributed by atoms with Gasteiger partial charge in [-0.3, -0.25) is 4.99 Å². The molecule has 1 atom stereocenters. The van der Waals surface area contributed by atoms with E-state index in [1.807, 2.05) is 19.1 Å². The fourth-order valence-corrected chi connectivity index (χ4v) is 2.08. The van der Waals surface area contributed by atoms with Crippen LogP contribution in [0.3, 0.4) is 0 Å². The van der Waals surface area contributed by atoms with E-state index in [2.05, 4.69) is 29.4 Å². The van der Waals surface area contributed by atoms with Gasteiger partial charge in [0, 0.05) is 26.3 Å². The molecule has 0 amide bonds. The van der Waals surface area contributed by atoms with E-state index in [4.69, 9.17) is 15.2 Å². The highest BCUT2D eigenvalue weighted by Crippen LogP contribution is 2.21. The van der Waals surface area contributed by atoms with E-state index in [0.717, 1.165) is 38.3 Å². The van der Waals surface area contributed by atoms with Crippen LogP contribution >= 0.6 is 0 Å². The SMILES string of the molecule is CCOCCCN=C(N)NCCC(C)c1ccc(OC)cc1. The van der Waals surface area contributed by atoms with Crippen LogP contribution in [0.25, 0.3) is 0 Å². The number of nitrogens with two attached hydrogens (primary N) is 1. The van der Waals surface area contributed by atoms with Crippen molar-refractivity contribution in [2.45, 2.75) is 32.6 Å². The second-order valence-corrected chi connectivity index (χ2v) is 5.21. The molecule has 0 radical (unpaired) electrons. The summed E-state index contributed by atoms with van der Waals surface area (Å²) in [7, 11) is 1.68. The molecule has 0 aliphatic carbocycles. The lowest BCUT2D eigenvalue weighted by atomic mass is 9.98. The monoisotopic (exact) mass is 307 g/mol. The van der Waals surface area contributed by atoms with Crippen molar-refractivity contribution in [3.63, 3.8) is 0 Å². The van der Waals surface area contributed by atoms with Crippen molar-refractivity contribution in [2.24, 2.45) is 10.7 Å². The normalized spacial score (nSPS) is 13.0. The Morgan fingerprint density at radius 3 is 2.68 bits per heavy atom. The van der Waals surface area contributed by atoms with Crippen molar-refractivity contribution in [2.75, 3.05) is 33.4 Å². The first-order valence-corrected chi connectivity index (χ1v) is 7.92. The molecule has 124 valence electrons. The van der Waals surface area contributed by atoms with Gasteiger partial charge < -0.3 is 20.5 Å². The summed E-state index contributed by atoms with van der Waals surface area (Å²) in [5.74, 6) is 1.86. The second kappa shape index (κ2) is 10.9. The van der Waals surface area contributed by atoms with E-state index in [0.29, 0.717) is 18.4 Å². The molecule has 5 nitrogen and oxygen atoms in total. The van der Waals surface area contributed by atoms with E-state index in [9.17, 15) is 0 Å². The van der Waals surface area contributed by atoms with Gasteiger partial charge in [0.25, 0.3) is 0 Å². The van der Waals surface area contributed by atoms with Crippen LogP contribution in [0.2, 0.25) is 0 Å². The summed E-state index contributed by atoms with van der Waals surface area (Å²) >= 11 is 0. The highest BCUT2D eigenvalue weighted by atomic mass is 16.5. The first kappa shape index (κ1) is 18.3. The molecule has 0 saturated carbocycles. The number of methoxy groups -OCH3 is 1. The molecule has 0 aromatic heterocycles. The molecule has 0 saturated heterocycles. The van der Waals surface area contributed by atoms with Gasteiger partial charge in [-0.15, -0.1) is 0 Å². The fourth-order valence-electron chi connectivity index (χ4n) is 2.08. The van der Waals surface area contributed by atoms with Crippen LogP contribution in [-0.4, -0.2) is 39.4 Å². The van der Waals surface area contributed by atoms with Gasteiger partial charge in [0.15, 0.2) is 5.96 Å². The van der Waals surface area contributed by atoms with Gasteiger partial charge in [-0.05, 0) is 43.4 Å². The van der Waals surface area contributed by atoms with Crippen LogP contribution in [0.5, 0.6) is 5.75 Å². The zero-order valence-corrected chi connectivity index (χ0v) is 14.0. The maximum Gasteiger partial charge on any atom is 0.188 e. The number of nitrogens with one attached hydrogen (secondary N) is 1. The first-order valence-electron chi connectivity index (χ1n) is 7.92. The molecule has 5 heteroatoms. The smallest absolute Gasteiger partial charge is 0.188 e. The largest absolute Gasteiger partial charge is 0.497 e. The summed E-state index contributed by atoms with van der Waals surface area (Å²) in [5, 5.41) is 3.16. The standard InChI is InChI=1S/C17H29N3O2/c1-4-22-13-5-11-19-17(18)20-12-10-14(2)15-6-8-16(21-3)9-7-15/h6-9,14H,4-5,10-13H2,1-3H3,(H3,18,19,20). The van der Waals surface area contributed by atoms with Gasteiger partial charge in [0.2, 0.25) is 0 Å². The predicted molar refractivity (Wildman–Crippen MR) is 91.6 cm³/mol. The van der Waals surface area contributed by atoms with Crippen LogP contribution < -0.4 is 15.8 Å². The molecular formula is C17H29N3O2. The third-order valence-corrected chi connectivity index (χ3v) is 3.50. The van der Waals surface area contributed by atoms with Crippen molar-refractivity contribution in [1.82, 2.24) is 5.32 Å². The molecule has 0 aliphatic heterocycles. The molecule has 3 N–H and O–H groups in total. The zero-order valence-electron chi connectivity index (χ0n) is 14.0. The number of aliphatic imine (C=N–C) groups is 1. The van der Waals surface area contributed by atoms with Crippen molar-refractivity contribution >= 4 is 5.96 Å². The van der Waals surface area contributed by atoms with Gasteiger partial charge in [-0.1, -0.05) is 19.1 Å². The summed E-state index contributed by atoms with van der Waals surface area (Å²) in [4.78, 5) is 4.28. The molecule has 0 fully saturated rings. The Balaban J connectivity index is 2.22. The maximum absolute atomic E-state index is 5.83. The molecule has 1 aromatic rings. The molecule has 0 spiro atoms. The van der Waals surface area contributed by atoms with Gasteiger partial charge in [-0.25, -0.2) is 0 Å². The number of rotatable bonds is 10. The van der Waals surface area contributed by atoms with E-state index in [-0.39, 0.29) is 0 Å². The minimum atomic E-state index is 0.462. The van der Waals surface area contributed by atoms with Gasteiger partial charge in [0.1, 0.15) is 5.75 Å². The fraction of sp³-hybridized carbons (Fsp3) is 0.588. The van der Waals surface area contributed by atoms with Crippen LogP contribution in [-0.2, 0) is 4.74 Å². The number of hydrogen-bond donors (Lipinski definition) is 2. The van der Waals surface area contributed by atoms with Crippen LogP contribution in [0.4, 0.5) is 0 Å². The molecule has 0 aliphatic rings. The molecule has 1 rings (SSSR count). The number of guanidine groups is 1. The van der Waals surface area contributed by atoms with Crippen molar-refractivity contribution in [1.29, 1.82) is 0 Å². The Morgan fingerprint density at radius 1 is 1.32 bits per heavy atom. The summed E-state index contributed by atoms with van der Waals surface area (Å²) in [5.41, 5.74) is 7.13. The van der Waals surface area contributed by atoms with Crippen LogP contribution in [0, 0.1) is 0 Å². The third kappa shape index (κ3) is 7.31. The van der Waals surface area contributed by atoms with E-state index in [1.165, 1.54) is 5.56 Å². The lowest BCUT2D eigenvalue weighted by molar-refractivity contribution is 0.146. The predicted octanol–water partition coefficient (Wildman–Crippen LogP) is 2.52. The number of nitrogens with zero attached hydrogens (tertiary/aromatic N) is 1. The zero-order chi connectivity index (χ0) is 16.2. The van der Waals surface area contributed by atoms with E-state index in [1.54, 1.807) is 7.11 Å². The topological polar surface area (TPSA) is 68.9 Å². The molecule has 1 aromatic carbocycles. The summed E-state index contributed by atoms with van der Waals surface area (Å²) in [6.07, 6.45) is 1.90. The third-order valence-electron chi connectivity index (χ3n) is 3.50. The van der Waals surface area contributed by atoms with Crippen LogP contribution in [0.15, 0.2) is 29.3 Å². The average molecular weight is 307 g/mol. The Labute approximate surface area is 133 Å². The maximum atomic E-state index is 5.83. The lowest BCUT2D eigenvalue weighted by Gasteiger charge is -2.13. The quantitative estimate of drug-likeness (QED) is 0.396. The Bertz CT molecular complexity index is 432. The van der Waals surface area contributed by atoms with E-state index >= 15 is 0 Å². The minimum absolute atomic E-state index is 0.462. The van der Waals surface area contributed by atoms with Crippen LogP contribution in [0.1, 0.15) is 38.2 Å². The average Bonchev–Trinajstić information content (AvgIpc) is 2.54. The number of benzene rings is 1. The first-order chi connectivity index (χ1) is 10.7. The summed E-state index contributed by atoms with van der Waals surface area (Å²) in [6.45, 7) is 7.20. The van der Waals surface area contributed by atoms with Gasteiger partial charge in [0.05, 0.1) is 7.11 Å². The van der Waals surface area contributed by atoms with Gasteiger partial charge in [-0.2, -0.15) is 0 Å². The molecule has 0 heterocycles. The summed E-state index contributed by atoms with van der Waals surface area (Å²) < 4.78 is 10.4. The summed E-state index contributed by atoms with van der Waals surface area (Å²) in [6, 6.07) is 8.20. The highest BCUT2D eigenvalue weighted by molar-refractivity contribution is 5.77. The molecular weight excluding hydrogens is 278 g/mol. The molecule has 1 unspecified atom stereocenters. The van der Waals surface area contributed by atoms with Crippen molar-refractivity contribution in [3.05, 3.63) is 29.8 Å².